The van der Waals surface area contributed by atoms with Crippen molar-refractivity contribution >= 4 is 0 Å². The minimum absolute atomic E-state index is 0.165. The molecule has 3 heteroatoms. The van der Waals surface area contributed by atoms with Gasteiger partial charge in [0.1, 0.15) is 5.75 Å². The molecule has 96 valence electrons. The van der Waals surface area contributed by atoms with E-state index in [-0.39, 0.29) is 6.04 Å². The first kappa shape index (κ1) is 12.7. The molecule has 1 heterocycles. The molecule has 1 N–H and O–H groups in total. The second-order valence-electron chi connectivity index (χ2n) is 4.28. The zero-order chi connectivity index (χ0) is 13.0. The number of nitrogens with one attached hydrogen (secondary N) is 1. The van der Waals surface area contributed by atoms with Gasteiger partial charge in [0.05, 0.1) is 25.7 Å². The van der Waals surface area contributed by atoms with Crippen LogP contribution in [0.1, 0.15) is 29.7 Å². The van der Waals surface area contributed by atoms with E-state index in [2.05, 4.69) is 31.3 Å². The molecule has 0 amide bonds. The Hall–Kier alpha value is -1.74. The lowest BCUT2D eigenvalue weighted by Crippen LogP contribution is -2.21. The quantitative estimate of drug-likeness (QED) is 0.877. The Bertz CT molecular complexity index is 491. The molecule has 1 unspecified atom stereocenters. The fourth-order valence-electron chi connectivity index (χ4n) is 2.15. The fourth-order valence-corrected chi connectivity index (χ4v) is 2.15. The maximum atomic E-state index is 5.29. The van der Waals surface area contributed by atoms with Gasteiger partial charge in [-0.15, -0.1) is 0 Å². The molecule has 0 bridgehead atoms. The van der Waals surface area contributed by atoms with Crippen LogP contribution in [0.4, 0.5) is 0 Å². The Morgan fingerprint density at radius 2 is 2.11 bits per heavy atom. The van der Waals surface area contributed by atoms with E-state index in [1.165, 1.54) is 5.56 Å². The Labute approximate surface area is 108 Å². The molecule has 0 radical (unpaired) electrons. The molecule has 1 aromatic heterocycles. The van der Waals surface area contributed by atoms with E-state index >= 15 is 0 Å². The summed E-state index contributed by atoms with van der Waals surface area (Å²) in [4.78, 5) is 0. The minimum Gasteiger partial charge on any atom is -0.496 e. The molecule has 0 spiro atoms. The van der Waals surface area contributed by atoms with Crippen LogP contribution in [0.3, 0.4) is 0 Å². The Balaban J connectivity index is 2.34. The summed E-state index contributed by atoms with van der Waals surface area (Å²) in [5, 5.41) is 3.47. The van der Waals surface area contributed by atoms with Gasteiger partial charge in [0.15, 0.2) is 0 Å². The molecule has 0 saturated carbocycles. The van der Waals surface area contributed by atoms with Crippen molar-refractivity contribution in [3.63, 3.8) is 0 Å². The van der Waals surface area contributed by atoms with Crippen LogP contribution in [-0.4, -0.2) is 13.7 Å². The minimum atomic E-state index is 0.165. The van der Waals surface area contributed by atoms with E-state index in [0.717, 1.165) is 23.4 Å². The van der Waals surface area contributed by atoms with Crippen molar-refractivity contribution < 1.29 is 9.15 Å². The van der Waals surface area contributed by atoms with Crippen LogP contribution in [0.5, 0.6) is 5.75 Å². The molecule has 0 aliphatic heterocycles. The molecule has 2 rings (SSSR count). The van der Waals surface area contributed by atoms with E-state index in [1.54, 1.807) is 19.6 Å². The van der Waals surface area contributed by atoms with Gasteiger partial charge in [0.2, 0.25) is 0 Å². The van der Waals surface area contributed by atoms with Crippen LogP contribution in [0, 0.1) is 6.92 Å². The third-order valence-electron chi connectivity index (χ3n) is 3.04. The van der Waals surface area contributed by atoms with Crippen molar-refractivity contribution in [1.29, 1.82) is 0 Å². The van der Waals surface area contributed by atoms with E-state index in [1.807, 2.05) is 12.1 Å². The third-order valence-corrected chi connectivity index (χ3v) is 3.04. The second-order valence-corrected chi connectivity index (χ2v) is 4.28. The van der Waals surface area contributed by atoms with E-state index in [0.29, 0.717) is 0 Å². The molecule has 0 aliphatic rings. The van der Waals surface area contributed by atoms with Gasteiger partial charge < -0.3 is 14.5 Å². The summed E-state index contributed by atoms with van der Waals surface area (Å²) in [6, 6.07) is 8.41. The topological polar surface area (TPSA) is 34.4 Å². The molecule has 0 aliphatic carbocycles. The van der Waals surface area contributed by atoms with Gasteiger partial charge in [-0.2, -0.15) is 0 Å². The van der Waals surface area contributed by atoms with Crippen LogP contribution in [0.25, 0.3) is 0 Å². The highest BCUT2D eigenvalue weighted by Crippen LogP contribution is 2.27. The summed E-state index contributed by atoms with van der Waals surface area (Å²) in [6.07, 6.45) is 3.49. The number of hydrogen-bond donors (Lipinski definition) is 1. The smallest absolute Gasteiger partial charge is 0.121 e. The standard InChI is InChI=1S/C15H19NO2/c1-4-16-15(13-7-8-18-10-13)12-5-6-14(17-3)11(2)9-12/h5-10,15-16H,4H2,1-3H3. The number of hydrogen-bond acceptors (Lipinski definition) is 3. The summed E-state index contributed by atoms with van der Waals surface area (Å²) in [5.74, 6) is 0.918. The Morgan fingerprint density at radius 3 is 2.67 bits per heavy atom. The Morgan fingerprint density at radius 1 is 1.28 bits per heavy atom. The highest BCUT2D eigenvalue weighted by Gasteiger charge is 2.15. The Kier molecular flexibility index (Phi) is 4.05. The number of methoxy groups -OCH3 is 1. The molecule has 0 saturated heterocycles. The van der Waals surface area contributed by atoms with Gasteiger partial charge in [-0.1, -0.05) is 19.1 Å². The molecule has 18 heavy (non-hydrogen) atoms. The monoisotopic (exact) mass is 245 g/mol. The molecular weight excluding hydrogens is 226 g/mol. The van der Waals surface area contributed by atoms with Crippen LogP contribution in [-0.2, 0) is 0 Å². The fraction of sp³-hybridized carbons (Fsp3) is 0.333. The van der Waals surface area contributed by atoms with Gasteiger partial charge in [0, 0.05) is 5.56 Å². The lowest BCUT2D eigenvalue weighted by molar-refractivity contribution is 0.411. The molecule has 2 aromatic rings. The van der Waals surface area contributed by atoms with Crippen LogP contribution in [0.15, 0.2) is 41.2 Å². The first-order chi connectivity index (χ1) is 8.76. The predicted octanol–water partition coefficient (Wildman–Crippen LogP) is 3.30. The largest absolute Gasteiger partial charge is 0.496 e. The van der Waals surface area contributed by atoms with Crippen molar-refractivity contribution in [1.82, 2.24) is 5.32 Å². The van der Waals surface area contributed by atoms with Crippen LogP contribution >= 0.6 is 0 Å². The van der Waals surface area contributed by atoms with Crippen molar-refractivity contribution in [2.24, 2.45) is 0 Å². The van der Waals surface area contributed by atoms with Gasteiger partial charge in [-0.3, -0.25) is 0 Å². The summed E-state index contributed by atoms with van der Waals surface area (Å²) in [7, 11) is 1.69. The first-order valence-corrected chi connectivity index (χ1v) is 6.16. The van der Waals surface area contributed by atoms with Crippen molar-refractivity contribution in [3.8, 4) is 5.75 Å². The molecule has 1 aromatic carbocycles. The average Bonchev–Trinajstić information content (AvgIpc) is 2.89. The number of aryl methyl sites for hydroxylation is 1. The van der Waals surface area contributed by atoms with Gasteiger partial charge >= 0.3 is 0 Å². The normalized spacial score (nSPS) is 12.4. The van der Waals surface area contributed by atoms with Crippen molar-refractivity contribution in [3.05, 3.63) is 53.5 Å². The van der Waals surface area contributed by atoms with Crippen molar-refractivity contribution in [2.75, 3.05) is 13.7 Å². The lowest BCUT2D eigenvalue weighted by atomic mass is 9.99. The van der Waals surface area contributed by atoms with Crippen LogP contribution in [0.2, 0.25) is 0 Å². The number of rotatable bonds is 5. The second kappa shape index (κ2) is 5.74. The SMILES string of the molecule is CCNC(c1ccoc1)c1ccc(OC)c(C)c1. The highest BCUT2D eigenvalue weighted by molar-refractivity contribution is 5.40. The van der Waals surface area contributed by atoms with E-state index in [4.69, 9.17) is 9.15 Å². The number of benzene rings is 1. The van der Waals surface area contributed by atoms with Gasteiger partial charge in [-0.25, -0.2) is 0 Å². The van der Waals surface area contributed by atoms with E-state index < -0.39 is 0 Å². The maximum Gasteiger partial charge on any atom is 0.121 e. The maximum absolute atomic E-state index is 5.29. The van der Waals surface area contributed by atoms with Gasteiger partial charge in [0.25, 0.3) is 0 Å². The number of furan rings is 1. The molecule has 0 fully saturated rings. The van der Waals surface area contributed by atoms with Gasteiger partial charge in [-0.05, 0) is 36.7 Å². The summed E-state index contributed by atoms with van der Waals surface area (Å²) in [5.41, 5.74) is 3.50. The van der Waals surface area contributed by atoms with E-state index in [9.17, 15) is 0 Å². The summed E-state index contributed by atoms with van der Waals surface area (Å²) >= 11 is 0. The molecule has 1 atom stereocenters. The predicted molar refractivity (Wildman–Crippen MR) is 72.0 cm³/mol. The van der Waals surface area contributed by atoms with Crippen LogP contribution < -0.4 is 10.1 Å². The molecular formula is C15H19NO2. The lowest BCUT2D eigenvalue weighted by Gasteiger charge is -2.18. The zero-order valence-electron chi connectivity index (χ0n) is 11.1. The molecule has 3 nitrogen and oxygen atoms in total. The highest BCUT2D eigenvalue weighted by atomic mass is 16.5. The zero-order valence-corrected chi connectivity index (χ0v) is 11.1. The third kappa shape index (κ3) is 2.57. The number of ether oxygens (including phenoxy) is 1. The average molecular weight is 245 g/mol. The summed E-state index contributed by atoms with van der Waals surface area (Å²) < 4.78 is 10.5. The first-order valence-electron chi connectivity index (χ1n) is 6.16. The summed E-state index contributed by atoms with van der Waals surface area (Å²) in [6.45, 7) is 5.06. The van der Waals surface area contributed by atoms with Crippen molar-refractivity contribution in [2.45, 2.75) is 19.9 Å².